The first kappa shape index (κ1) is 19.7. The van der Waals surface area contributed by atoms with Gasteiger partial charge in [-0.3, -0.25) is 13.9 Å². The Morgan fingerprint density at radius 3 is 2.53 bits per heavy atom. The smallest absolute Gasteiger partial charge is 0.338 e. The molecule has 3 aromatic rings. The van der Waals surface area contributed by atoms with Crippen LogP contribution in [0, 0.1) is 0 Å². The zero-order chi connectivity index (χ0) is 21.6. The molecule has 4 rings (SSSR count). The normalized spacial score (nSPS) is 13.0. The monoisotopic (exact) mass is 409 g/mol. The van der Waals surface area contributed by atoms with E-state index in [0.29, 0.717) is 42.4 Å². The van der Waals surface area contributed by atoms with Crippen molar-refractivity contribution in [3.05, 3.63) is 62.8 Å². The number of carbonyl (C=O) groups is 1. The van der Waals surface area contributed by atoms with E-state index in [1.54, 1.807) is 33.0 Å². The van der Waals surface area contributed by atoms with E-state index in [4.69, 9.17) is 4.74 Å². The van der Waals surface area contributed by atoms with Gasteiger partial charge in [0, 0.05) is 25.8 Å². The minimum Gasteiger partial charge on any atom is -0.462 e. The Hall–Kier alpha value is -3.62. The summed E-state index contributed by atoms with van der Waals surface area (Å²) in [5.74, 6) is 0.222. The number of esters is 1. The average Bonchev–Trinajstić information content (AvgIpc) is 3.29. The van der Waals surface area contributed by atoms with Crippen LogP contribution in [0.25, 0.3) is 11.2 Å². The van der Waals surface area contributed by atoms with E-state index in [-0.39, 0.29) is 18.1 Å². The largest absolute Gasteiger partial charge is 0.462 e. The van der Waals surface area contributed by atoms with E-state index >= 15 is 0 Å². The van der Waals surface area contributed by atoms with Gasteiger partial charge in [-0.1, -0.05) is 12.2 Å². The summed E-state index contributed by atoms with van der Waals surface area (Å²) in [5, 5.41) is 0. The van der Waals surface area contributed by atoms with E-state index in [0.717, 1.165) is 11.3 Å². The van der Waals surface area contributed by atoms with Crippen LogP contribution in [0.4, 0.5) is 11.6 Å². The van der Waals surface area contributed by atoms with Crippen LogP contribution in [0.1, 0.15) is 24.2 Å². The Balaban J connectivity index is 1.80. The third kappa shape index (κ3) is 3.02. The molecule has 0 fully saturated rings. The summed E-state index contributed by atoms with van der Waals surface area (Å²) >= 11 is 0. The van der Waals surface area contributed by atoms with Crippen molar-refractivity contribution >= 4 is 28.8 Å². The standard InChI is InChI=1S/C21H23N5O4/c1-5-30-19(28)14-6-8-15(9-7-14)24-10-11-25-16-17(22-20(24)25)23(4)21(29)26(18(16)27)12-13(2)3/h6-9H,2,5,10-12H2,1,3-4H3. The first-order valence-electron chi connectivity index (χ1n) is 9.72. The maximum absolute atomic E-state index is 13.1. The predicted molar refractivity (Wildman–Crippen MR) is 113 cm³/mol. The summed E-state index contributed by atoms with van der Waals surface area (Å²) in [4.78, 5) is 44.2. The summed E-state index contributed by atoms with van der Waals surface area (Å²) in [6.07, 6.45) is 0. The number of allylic oxidation sites excluding steroid dienone is 1. The van der Waals surface area contributed by atoms with Gasteiger partial charge in [0.1, 0.15) is 0 Å². The number of benzene rings is 1. The Kier molecular flexibility index (Phi) is 4.81. The van der Waals surface area contributed by atoms with Gasteiger partial charge in [-0.05, 0) is 38.1 Å². The molecule has 3 heterocycles. The van der Waals surface area contributed by atoms with E-state index in [2.05, 4.69) is 11.6 Å². The molecule has 0 spiro atoms. The molecule has 0 radical (unpaired) electrons. The molecule has 1 aromatic carbocycles. The number of anilines is 2. The van der Waals surface area contributed by atoms with Crippen LogP contribution in [0.2, 0.25) is 0 Å². The molecular weight excluding hydrogens is 386 g/mol. The number of hydrogen-bond acceptors (Lipinski definition) is 6. The highest BCUT2D eigenvalue weighted by Crippen LogP contribution is 2.31. The second-order valence-electron chi connectivity index (χ2n) is 7.34. The maximum atomic E-state index is 13.1. The van der Waals surface area contributed by atoms with Crippen LogP contribution >= 0.6 is 0 Å². The fourth-order valence-corrected chi connectivity index (χ4v) is 3.72. The molecule has 0 bridgehead atoms. The molecule has 0 N–H and O–H groups in total. The first-order valence-corrected chi connectivity index (χ1v) is 9.72. The number of aryl methyl sites for hydroxylation is 1. The summed E-state index contributed by atoms with van der Waals surface area (Å²) in [6, 6.07) is 7.04. The number of hydrogen-bond donors (Lipinski definition) is 0. The summed E-state index contributed by atoms with van der Waals surface area (Å²) in [5.41, 5.74) is 2.00. The van der Waals surface area contributed by atoms with Crippen LogP contribution in [0.15, 0.2) is 46.0 Å². The first-order chi connectivity index (χ1) is 14.3. The van der Waals surface area contributed by atoms with Crippen molar-refractivity contribution in [1.29, 1.82) is 0 Å². The third-order valence-corrected chi connectivity index (χ3v) is 5.12. The molecule has 0 unspecified atom stereocenters. The lowest BCUT2D eigenvalue weighted by molar-refractivity contribution is 0.0526. The van der Waals surface area contributed by atoms with Gasteiger partial charge in [0.2, 0.25) is 5.95 Å². The Morgan fingerprint density at radius 1 is 1.20 bits per heavy atom. The fourth-order valence-electron chi connectivity index (χ4n) is 3.72. The van der Waals surface area contributed by atoms with E-state index in [1.807, 2.05) is 21.6 Å². The van der Waals surface area contributed by atoms with Crippen LogP contribution in [0.5, 0.6) is 0 Å². The zero-order valence-electron chi connectivity index (χ0n) is 17.2. The maximum Gasteiger partial charge on any atom is 0.338 e. The third-order valence-electron chi connectivity index (χ3n) is 5.12. The van der Waals surface area contributed by atoms with Crippen molar-refractivity contribution in [2.75, 3.05) is 18.1 Å². The number of fused-ring (bicyclic) bond motifs is 3. The highest BCUT2D eigenvalue weighted by atomic mass is 16.5. The van der Waals surface area contributed by atoms with Crippen molar-refractivity contribution in [2.24, 2.45) is 7.05 Å². The molecule has 156 valence electrons. The lowest BCUT2D eigenvalue weighted by Crippen LogP contribution is -2.39. The van der Waals surface area contributed by atoms with Crippen molar-refractivity contribution in [1.82, 2.24) is 18.7 Å². The van der Waals surface area contributed by atoms with Gasteiger partial charge in [0.05, 0.1) is 18.7 Å². The number of imidazole rings is 1. The molecule has 0 saturated carbocycles. The molecule has 9 nitrogen and oxygen atoms in total. The second kappa shape index (κ2) is 7.33. The number of ether oxygens (including phenoxy) is 1. The molecule has 1 aliphatic rings. The molecular formula is C21H23N5O4. The van der Waals surface area contributed by atoms with Gasteiger partial charge < -0.3 is 14.2 Å². The fraction of sp³-hybridized carbons (Fsp3) is 0.333. The van der Waals surface area contributed by atoms with Gasteiger partial charge in [-0.25, -0.2) is 9.59 Å². The zero-order valence-corrected chi connectivity index (χ0v) is 17.2. The molecule has 0 atom stereocenters. The molecule has 2 aromatic heterocycles. The molecule has 1 aliphatic heterocycles. The number of nitrogens with zero attached hydrogens (tertiary/aromatic N) is 5. The number of carbonyl (C=O) groups excluding carboxylic acids is 1. The van der Waals surface area contributed by atoms with E-state index < -0.39 is 5.69 Å². The SMILES string of the molecule is C=C(C)Cn1c(=O)c2c(nc3n2CCN3c2ccc(C(=O)OCC)cc2)n(C)c1=O. The van der Waals surface area contributed by atoms with Crippen LogP contribution in [-0.2, 0) is 24.9 Å². The molecule has 0 saturated heterocycles. The topological polar surface area (TPSA) is 91.4 Å². The number of rotatable bonds is 5. The van der Waals surface area contributed by atoms with Crippen LogP contribution < -0.4 is 16.1 Å². The van der Waals surface area contributed by atoms with Crippen molar-refractivity contribution in [3.63, 3.8) is 0 Å². The molecule has 0 aliphatic carbocycles. The highest BCUT2D eigenvalue weighted by Gasteiger charge is 2.28. The summed E-state index contributed by atoms with van der Waals surface area (Å²) < 4.78 is 9.45. The summed E-state index contributed by atoms with van der Waals surface area (Å²) in [7, 11) is 1.61. The molecule has 0 amide bonds. The Labute approximate surface area is 172 Å². The minimum absolute atomic E-state index is 0.168. The van der Waals surface area contributed by atoms with Crippen LogP contribution in [-0.4, -0.2) is 37.8 Å². The Morgan fingerprint density at radius 2 is 1.90 bits per heavy atom. The molecule has 9 heteroatoms. The van der Waals surface area contributed by atoms with E-state index in [1.165, 1.54) is 9.13 Å². The highest BCUT2D eigenvalue weighted by molar-refractivity contribution is 5.90. The predicted octanol–water partition coefficient (Wildman–Crippen LogP) is 1.80. The quantitative estimate of drug-likeness (QED) is 0.471. The van der Waals surface area contributed by atoms with Crippen molar-refractivity contribution < 1.29 is 9.53 Å². The van der Waals surface area contributed by atoms with Gasteiger partial charge >= 0.3 is 11.7 Å². The average molecular weight is 409 g/mol. The van der Waals surface area contributed by atoms with Gasteiger partial charge in [0.25, 0.3) is 5.56 Å². The Bertz CT molecular complexity index is 1280. The lowest BCUT2D eigenvalue weighted by atomic mass is 10.2. The van der Waals surface area contributed by atoms with E-state index in [9.17, 15) is 14.4 Å². The van der Waals surface area contributed by atoms with Gasteiger partial charge in [0.15, 0.2) is 11.2 Å². The lowest BCUT2D eigenvalue weighted by Gasteiger charge is -2.16. The second-order valence-corrected chi connectivity index (χ2v) is 7.34. The summed E-state index contributed by atoms with van der Waals surface area (Å²) in [6.45, 7) is 9.02. The van der Waals surface area contributed by atoms with Crippen LogP contribution in [0.3, 0.4) is 0 Å². The van der Waals surface area contributed by atoms with Crippen molar-refractivity contribution in [3.8, 4) is 0 Å². The molecule has 30 heavy (non-hydrogen) atoms. The van der Waals surface area contributed by atoms with Gasteiger partial charge in [-0.15, -0.1) is 0 Å². The van der Waals surface area contributed by atoms with Crippen molar-refractivity contribution in [2.45, 2.75) is 26.9 Å². The number of aromatic nitrogens is 4. The minimum atomic E-state index is -0.419. The van der Waals surface area contributed by atoms with Gasteiger partial charge in [-0.2, -0.15) is 4.98 Å².